The first kappa shape index (κ1) is 11.8. The van der Waals surface area contributed by atoms with Crippen LogP contribution in [0, 0.1) is 5.92 Å². The number of rotatable bonds is 5. The number of nitrogens with zero attached hydrogens (tertiary/aromatic N) is 1. The molecule has 0 bridgehead atoms. The van der Waals surface area contributed by atoms with Gasteiger partial charge in [0.2, 0.25) is 0 Å². The van der Waals surface area contributed by atoms with E-state index in [4.69, 9.17) is 10.2 Å². The van der Waals surface area contributed by atoms with Crippen LogP contribution in [0.3, 0.4) is 0 Å². The number of aromatic nitrogens is 1. The minimum Gasteiger partial charge on any atom is -0.423 e. The topological polar surface area (TPSA) is 64.1 Å². The zero-order valence-electron chi connectivity index (χ0n) is 10.4. The van der Waals surface area contributed by atoms with E-state index >= 15 is 0 Å². The molecule has 92 valence electrons. The number of fused-ring (bicyclic) bond motifs is 1. The third kappa shape index (κ3) is 2.70. The Hall–Kier alpha value is -1.71. The van der Waals surface area contributed by atoms with Gasteiger partial charge in [0.05, 0.1) is 0 Å². The maximum absolute atomic E-state index is 5.69. The zero-order chi connectivity index (χ0) is 12.3. The highest BCUT2D eigenvalue weighted by Crippen LogP contribution is 2.21. The van der Waals surface area contributed by atoms with Gasteiger partial charge in [-0.05, 0) is 18.1 Å². The maximum Gasteiger partial charge on any atom is 0.295 e. The minimum atomic E-state index is 0.581. The number of nitrogen functional groups attached to an aromatic ring is 1. The molecule has 0 spiro atoms. The van der Waals surface area contributed by atoms with E-state index in [1.165, 1.54) is 0 Å². The Labute approximate surface area is 101 Å². The van der Waals surface area contributed by atoms with Gasteiger partial charge in [0, 0.05) is 18.3 Å². The van der Waals surface area contributed by atoms with Crippen LogP contribution in [0.5, 0.6) is 0 Å². The summed E-state index contributed by atoms with van der Waals surface area (Å²) < 4.78 is 5.59. The first-order chi connectivity index (χ1) is 8.22. The monoisotopic (exact) mass is 233 g/mol. The van der Waals surface area contributed by atoms with Gasteiger partial charge in [0.25, 0.3) is 6.01 Å². The summed E-state index contributed by atoms with van der Waals surface area (Å²) in [5, 5.41) is 3.24. The average molecular weight is 233 g/mol. The van der Waals surface area contributed by atoms with Crippen molar-refractivity contribution in [2.24, 2.45) is 5.92 Å². The highest BCUT2D eigenvalue weighted by atomic mass is 16.4. The smallest absolute Gasteiger partial charge is 0.295 e. The number of benzene rings is 1. The van der Waals surface area contributed by atoms with E-state index in [2.05, 4.69) is 24.1 Å². The fraction of sp³-hybridized carbons (Fsp3) is 0.462. The van der Waals surface area contributed by atoms with Gasteiger partial charge >= 0.3 is 0 Å². The summed E-state index contributed by atoms with van der Waals surface area (Å²) in [6.07, 6.45) is 2.33. The Morgan fingerprint density at radius 3 is 2.82 bits per heavy atom. The normalized spacial score (nSPS) is 11.2. The molecule has 0 aliphatic rings. The number of nitrogens with one attached hydrogen (secondary N) is 1. The minimum absolute atomic E-state index is 0.581. The largest absolute Gasteiger partial charge is 0.423 e. The molecule has 2 aromatic rings. The van der Waals surface area contributed by atoms with Crippen molar-refractivity contribution in [1.82, 2.24) is 4.98 Å². The highest BCUT2D eigenvalue weighted by Gasteiger charge is 2.08. The van der Waals surface area contributed by atoms with Gasteiger partial charge < -0.3 is 15.5 Å². The van der Waals surface area contributed by atoms with Crippen molar-refractivity contribution in [2.45, 2.75) is 26.7 Å². The predicted octanol–water partition coefficient (Wildman–Crippen LogP) is 3.26. The van der Waals surface area contributed by atoms with Crippen molar-refractivity contribution in [3.63, 3.8) is 0 Å². The molecular weight excluding hydrogens is 214 g/mol. The van der Waals surface area contributed by atoms with Crippen molar-refractivity contribution in [3.05, 3.63) is 18.2 Å². The van der Waals surface area contributed by atoms with E-state index in [0.29, 0.717) is 17.6 Å². The molecule has 0 saturated carbocycles. The second kappa shape index (κ2) is 5.08. The molecule has 0 aliphatic heterocycles. The van der Waals surface area contributed by atoms with Gasteiger partial charge in [-0.2, -0.15) is 4.98 Å². The molecule has 4 nitrogen and oxygen atoms in total. The van der Waals surface area contributed by atoms with Gasteiger partial charge in [-0.15, -0.1) is 0 Å². The SMILES string of the molecule is CCC(CC)CNc1nc2ccc(N)cc2o1. The van der Waals surface area contributed by atoms with Gasteiger partial charge in [0.1, 0.15) is 5.52 Å². The van der Waals surface area contributed by atoms with Crippen LogP contribution in [-0.4, -0.2) is 11.5 Å². The van der Waals surface area contributed by atoms with Crippen molar-refractivity contribution in [3.8, 4) is 0 Å². The molecule has 0 unspecified atom stereocenters. The molecule has 0 amide bonds. The molecule has 17 heavy (non-hydrogen) atoms. The third-order valence-electron chi connectivity index (χ3n) is 3.11. The lowest BCUT2D eigenvalue weighted by Crippen LogP contribution is -2.12. The summed E-state index contributed by atoms with van der Waals surface area (Å²) in [4.78, 5) is 4.36. The summed E-state index contributed by atoms with van der Waals surface area (Å²) in [5.74, 6) is 0.662. The average Bonchev–Trinajstić information content (AvgIpc) is 2.72. The van der Waals surface area contributed by atoms with Gasteiger partial charge in [-0.1, -0.05) is 26.7 Å². The van der Waals surface area contributed by atoms with Crippen LogP contribution in [-0.2, 0) is 0 Å². The van der Waals surface area contributed by atoms with Crippen LogP contribution in [0.15, 0.2) is 22.6 Å². The second-order valence-corrected chi connectivity index (χ2v) is 4.31. The highest BCUT2D eigenvalue weighted by molar-refractivity contribution is 5.78. The standard InChI is InChI=1S/C13H19N3O/c1-3-9(4-2)8-15-13-16-11-6-5-10(14)7-12(11)17-13/h5-7,9H,3-4,8,14H2,1-2H3,(H,15,16). The molecule has 3 N–H and O–H groups in total. The molecule has 0 atom stereocenters. The van der Waals surface area contributed by atoms with E-state index in [1.807, 2.05) is 12.1 Å². The molecule has 1 aromatic carbocycles. The second-order valence-electron chi connectivity index (χ2n) is 4.31. The molecule has 1 heterocycles. The van der Waals surface area contributed by atoms with Crippen molar-refractivity contribution < 1.29 is 4.42 Å². The number of oxazole rings is 1. The maximum atomic E-state index is 5.69. The molecule has 0 fully saturated rings. The number of anilines is 2. The summed E-state index contributed by atoms with van der Waals surface area (Å²) >= 11 is 0. The van der Waals surface area contributed by atoms with E-state index in [1.54, 1.807) is 6.07 Å². The summed E-state index contributed by atoms with van der Waals surface area (Å²) in [5.41, 5.74) is 7.96. The van der Waals surface area contributed by atoms with Crippen LogP contribution >= 0.6 is 0 Å². The Bertz CT molecular complexity index is 488. The molecule has 0 saturated heterocycles. The van der Waals surface area contributed by atoms with E-state index < -0.39 is 0 Å². The zero-order valence-corrected chi connectivity index (χ0v) is 10.4. The number of nitrogens with two attached hydrogens (primary N) is 1. The molecule has 0 radical (unpaired) electrons. The molecule has 4 heteroatoms. The van der Waals surface area contributed by atoms with E-state index in [9.17, 15) is 0 Å². The van der Waals surface area contributed by atoms with Gasteiger partial charge in [-0.25, -0.2) is 0 Å². The Balaban J connectivity index is 2.09. The quantitative estimate of drug-likeness (QED) is 0.778. The van der Waals surface area contributed by atoms with Crippen molar-refractivity contribution >= 4 is 22.8 Å². The molecule has 2 rings (SSSR count). The van der Waals surface area contributed by atoms with E-state index in [-0.39, 0.29) is 0 Å². The molecule has 0 aliphatic carbocycles. The van der Waals surface area contributed by atoms with Crippen molar-refractivity contribution in [1.29, 1.82) is 0 Å². The first-order valence-electron chi connectivity index (χ1n) is 6.12. The van der Waals surface area contributed by atoms with Crippen LogP contribution in [0.2, 0.25) is 0 Å². The lowest BCUT2D eigenvalue weighted by atomic mass is 10.0. The lowest BCUT2D eigenvalue weighted by molar-refractivity contribution is 0.507. The fourth-order valence-electron chi connectivity index (χ4n) is 1.83. The number of hydrogen-bond donors (Lipinski definition) is 2. The van der Waals surface area contributed by atoms with Crippen LogP contribution in [0.25, 0.3) is 11.1 Å². The van der Waals surface area contributed by atoms with Crippen LogP contribution < -0.4 is 11.1 Å². The van der Waals surface area contributed by atoms with Crippen LogP contribution in [0.4, 0.5) is 11.7 Å². The molecule has 1 aromatic heterocycles. The third-order valence-corrected chi connectivity index (χ3v) is 3.11. The summed E-state index contributed by atoms with van der Waals surface area (Å²) in [6, 6.07) is 6.08. The predicted molar refractivity (Wildman–Crippen MR) is 71.0 cm³/mol. The van der Waals surface area contributed by atoms with Crippen LogP contribution in [0.1, 0.15) is 26.7 Å². The van der Waals surface area contributed by atoms with Crippen molar-refractivity contribution in [2.75, 3.05) is 17.6 Å². The van der Waals surface area contributed by atoms with Gasteiger partial charge in [-0.3, -0.25) is 0 Å². The lowest BCUT2D eigenvalue weighted by Gasteiger charge is -2.11. The number of hydrogen-bond acceptors (Lipinski definition) is 4. The first-order valence-corrected chi connectivity index (χ1v) is 6.12. The van der Waals surface area contributed by atoms with Gasteiger partial charge in [0.15, 0.2) is 5.58 Å². The summed E-state index contributed by atoms with van der Waals surface area (Å²) in [6.45, 7) is 5.29. The Kier molecular flexibility index (Phi) is 3.52. The van der Waals surface area contributed by atoms with E-state index in [0.717, 1.165) is 30.5 Å². The fourth-order valence-corrected chi connectivity index (χ4v) is 1.83. The molecular formula is C13H19N3O. The Morgan fingerprint density at radius 2 is 2.12 bits per heavy atom. The summed E-state index contributed by atoms with van der Waals surface area (Å²) in [7, 11) is 0. The Morgan fingerprint density at radius 1 is 1.35 bits per heavy atom.